The average molecular weight is 402 g/mol. The molecule has 148 valence electrons. The molecule has 9 nitrogen and oxygen atoms in total. The highest BCUT2D eigenvalue weighted by molar-refractivity contribution is 5.95. The van der Waals surface area contributed by atoms with E-state index in [0.29, 0.717) is 0 Å². The molecule has 0 fully saturated rings. The summed E-state index contributed by atoms with van der Waals surface area (Å²) >= 11 is 0. The van der Waals surface area contributed by atoms with Crippen LogP contribution >= 0.6 is 0 Å². The van der Waals surface area contributed by atoms with E-state index in [9.17, 15) is 35.7 Å². The van der Waals surface area contributed by atoms with Crippen molar-refractivity contribution in [2.75, 3.05) is 14.2 Å². The number of aliphatic hydroxyl groups excluding tert-OH is 1. The summed E-state index contributed by atoms with van der Waals surface area (Å²) in [6, 6.07) is 13.3. The molecule has 0 unspecified atom stereocenters. The third-order valence-corrected chi connectivity index (χ3v) is 5.92. The molecule has 1 N–H and O–H groups in total. The van der Waals surface area contributed by atoms with Gasteiger partial charge in [0.05, 0.1) is 50.0 Å². The van der Waals surface area contributed by atoms with Crippen LogP contribution in [0.15, 0.2) is 35.6 Å². The number of nitrogens with zero attached hydrogens (tertiary/aromatic N) is 4. The maximum atomic E-state index is 12.7. The molecule has 1 aromatic carbocycles. The number of esters is 2. The maximum Gasteiger partial charge on any atom is 0.337 e. The Morgan fingerprint density at radius 2 is 1.47 bits per heavy atom. The van der Waals surface area contributed by atoms with E-state index in [4.69, 9.17) is 9.47 Å². The molecule has 0 heterocycles. The summed E-state index contributed by atoms with van der Waals surface area (Å²) in [5, 5.41) is 51.5. The minimum Gasteiger partial charge on any atom is -0.511 e. The van der Waals surface area contributed by atoms with Gasteiger partial charge in [0.15, 0.2) is 10.8 Å². The second-order valence-electron chi connectivity index (χ2n) is 6.89. The average Bonchev–Trinajstić information content (AvgIpc) is 2.95. The monoisotopic (exact) mass is 402 g/mol. The van der Waals surface area contributed by atoms with E-state index < -0.39 is 51.9 Å². The lowest BCUT2D eigenvalue weighted by molar-refractivity contribution is -0.146. The summed E-state index contributed by atoms with van der Waals surface area (Å²) in [5.41, 5.74) is -4.80. The Morgan fingerprint density at radius 3 is 1.93 bits per heavy atom. The fraction of sp³-hybridized carbons (Fsp3) is 0.333. The number of carbonyl (C=O) groups is 2. The van der Waals surface area contributed by atoms with Crippen molar-refractivity contribution in [1.82, 2.24) is 0 Å². The van der Waals surface area contributed by atoms with Gasteiger partial charge in [-0.2, -0.15) is 21.0 Å². The summed E-state index contributed by atoms with van der Waals surface area (Å²) < 4.78 is 9.56. The second-order valence-corrected chi connectivity index (χ2v) is 6.89. The molecule has 0 radical (unpaired) electrons. The van der Waals surface area contributed by atoms with Gasteiger partial charge in [0.25, 0.3) is 0 Å². The van der Waals surface area contributed by atoms with E-state index >= 15 is 0 Å². The van der Waals surface area contributed by atoms with E-state index in [1.54, 1.807) is 36.4 Å². The van der Waals surface area contributed by atoms with Crippen LogP contribution in [0.1, 0.15) is 23.0 Å². The van der Waals surface area contributed by atoms with Crippen molar-refractivity contribution in [3.8, 4) is 24.3 Å². The number of carbonyl (C=O) groups excluding carboxylic acids is 2. The minimum absolute atomic E-state index is 0.269. The van der Waals surface area contributed by atoms with E-state index in [1.165, 1.54) is 12.1 Å². The molecule has 0 aliphatic heterocycles. The summed E-state index contributed by atoms with van der Waals surface area (Å²) in [5.74, 6) is -7.56. The van der Waals surface area contributed by atoms with E-state index in [1.807, 2.05) is 0 Å². The Morgan fingerprint density at radius 1 is 0.933 bits per heavy atom. The molecule has 0 saturated heterocycles. The maximum absolute atomic E-state index is 12.7. The molecule has 9 heteroatoms. The van der Waals surface area contributed by atoms with Gasteiger partial charge in [0, 0.05) is 5.92 Å². The van der Waals surface area contributed by atoms with Crippen molar-refractivity contribution in [2.24, 2.45) is 16.7 Å². The molecule has 1 aromatic rings. The quantitative estimate of drug-likeness (QED) is 0.724. The van der Waals surface area contributed by atoms with Gasteiger partial charge in [0.2, 0.25) is 0 Å². The molecule has 3 aliphatic carbocycles. The zero-order valence-corrected chi connectivity index (χ0v) is 15.9. The summed E-state index contributed by atoms with van der Waals surface area (Å²) in [7, 11) is 2.07. The van der Waals surface area contributed by atoms with Gasteiger partial charge in [-0.1, -0.05) is 24.3 Å². The first-order chi connectivity index (χ1) is 14.3. The molecular formula is C21H14N4O5. The van der Waals surface area contributed by atoms with Crippen LogP contribution in [-0.4, -0.2) is 31.3 Å². The predicted octanol–water partition coefficient (Wildman–Crippen LogP) is 1.72. The number of hydrogen-bond donors (Lipinski definition) is 1. The van der Waals surface area contributed by atoms with Crippen LogP contribution in [0.4, 0.5) is 0 Å². The molecule has 30 heavy (non-hydrogen) atoms. The SMILES string of the molecule is COC(=O)C1=C(O)[C@H](C(=O)OC)[C@H]2c3ccccc3[C@H]1C(C#N)(C#N)C2(C#N)C#N. The van der Waals surface area contributed by atoms with Crippen LogP contribution in [0.2, 0.25) is 0 Å². The number of aliphatic hydroxyl groups is 1. The van der Waals surface area contributed by atoms with E-state index in [0.717, 1.165) is 14.2 Å². The number of benzene rings is 1. The minimum atomic E-state index is -2.42. The zero-order valence-electron chi connectivity index (χ0n) is 15.9. The van der Waals surface area contributed by atoms with Crippen LogP contribution in [0, 0.1) is 62.1 Å². The highest BCUT2D eigenvalue weighted by Gasteiger charge is 2.73. The fourth-order valence-corrected chi connectivity index (χ4v) is 4.65. The lowest BCUT2D eigenvalue weighted by Crippen LogP contribution is -2.52. The second kappa shape index (κ2) is 6.92. The molecule has 2 bridgehead atoms. The van der Waals surface area contributed by atoms with Gasteiger partial charge >= 0.3 is 11.9 Å². The zero-order chi connectivity index (χ0) is 22.3. The predicted molar refractivity (Wildman–Crippen MR) is 96.4 cm³/mol. The third kappa shape index (κ3) is 2.12. The number of ether oxygens (including phenoxy) is 2. The van der Waals surface area contributed by atoms with Gasteiger partial charge in [-0.15, -0.1) is 0 Å². The Bertz CT molecular complexity index is 1130. The van der Waals surface area contributed by atoms with Gasteiger partial charge in [-0.05, 0) is 11.1 Å². The van der Waals surface area contributed by atoms with Crippen molar-refractivity contribution < 1.29 is 24.2 Å². The van der Waals surface area contributed by atoms with Crippen LogP contribution in [0.5, 0.6) is 0 Å². The molecule has 0 aromatic heterocycles. The highest BCUT2D eigenvalue weighted by atomic mass is 16.5. The lowest BCUT2D eigenvalue weighted by atomic mass is 9.47. The largest absolute Gasteiger partial charge is 0.511 e. The number of fused-ring (bicyclic) bond motifs is 2. The first-order valence-electron chi connectivity index (χ1n) is 8.68. The van der Waals surface area contributed by atoms with Crippen molar-refractivity contribution in [2.45, 2.75) is 11.8 Å². The van der Waals surface area contributed by atoms with Gasteiger partial charge < -0.3 is 14.6 Å². The summed E-state index contributed by atoms with van der Waals surface area (Å²) in [6.45, 7) is 0. The van der Waals surface area contributed by atoms with Crippen LogP contribution in [-0.2, 0) is 19.1 Å². The van der Waals surface area contributed by atoms with E-state index in [-0.39, 0.29) is 11.1 Å². The molecule has 0 saturated carbocycles. The number of nitriles is 4. The molecule has 3 atom stereocenters. The van der Waals surface area contributed by atoms with E-state index in [2.05, 4.69) is 0 Å². The van der Waals surface area contributed by atoms with Crippen molar-refractivity contribution in [3.63, 3.8) is 0 Å². The lowest BCUT2D eigenvalue weighted by Gasteiger charge is -2.46. The number of hydrogen-bond acceptors (Lipinski definition) is 9. The number of methoxy groups -OCH3 is 2. The standard InChI is InChI=1S/C21H14N4O5/c1-29-18(27)13-15-11-5-3-4-6-12(11)16(14(17(13)26)19(28)30-2)21(9-24,10-25)20(15,7-22)8-23/h3-6,13,15-16,26H,1-2H3/t13-,15-,16-/m1/s1. The molecule has 4 rings (SSSR count). The van der Waals surface area contributed by atoms with Crippen LogP contribution in [0.3, 0.4) is 0 Å². The Hall–Kier alpha value is -4.34. The fourth-order valence-electron chi connectivity index (χ4n) is 4.65. The topological polar surface area (TPSA) is 168 Å². The number of rotatable bonds is 2. The first-order valence-corrected chi connectivity index (χ1v) is 8.68. The van der Waals surface area contributed by atoms with Crippen LogP contribution in [0.25, 0.3) is 0 Å². The Labute approximate surface area is 171 Å². The Kier molecular flexibility index (Phi) is 4.71. The summed E-state index contributed by atoms with van der Waals surface area (Å²) in [4.78, 5) is 25.5. The third-order valence-electron chi connectivity index (χ3n) is 5.92. The van der Waals surface area contributed by atoms with Crippen molar-refractivity contribution in [1.29, 1.82) is 21.0 Å². The van der Waals surface area contributed by atoms with Crippen molar-refractivity contribution >= 4 is 11.9 Å². The normalized spacial score (nSPS) is 24.7. The van der Waals surface area contributed by atoms with Crippen LogP contribution < -0.4 is 0 Å². The van der Waals surface area contributed by atoms with Crippen molar-refractivity contribution in [3.05, 3.63) is 46.7 Å². The molecule has 0 amide bonds. The highest BCUT2D eigenvalue weighted by Crippen LogP contribution is 2.67. The smallest absolute Gasteiger partial charge is 0.337 e. The van der Waals surface area contributed by atoms with Gasteiger partial charge in [-0.25, -0.2) is 4.79 Å². The molecular weight excluding hydrogens is 388 g/mol. The molecule has 3 aliphatic rings. The molecule has 0 spiro atoms. The first kappa shape index (κ1) is 20.4. The summed E-state index contributed by atoms with van der Waals surface area (Å²) in [6.07, 6.45) is 0. The van der Waals surface area contributed by atoms with Gasteiger partial charge in [-0.3, -0.25) is 4.79 Å². The van der Waals surface area contributed by atoms with Gasteiger partial charge in [0.1, 0.15) is 11.7 Å². The Balaban J connectivity index is 2.65.